The first-order chi connectivity index (χ1) is 6.83. The van der Waals surface area contributed by atoms with Gasteiger partial charge in [-0.05, 0) is 5.56 Å². The Labute approximate surface area is 82.3 Å². The molecule has 0 bridgehead atoms. The van der Waals surface area contributed by atoms with Crippen molar-refractivity contribution in [2.75, 3.05) is 0 Å². The Hall–Kier alpha value is -1.87. The van der Waals surface area contributed by atoms with Crippen molar-refractivity contribution in [1.29, 1.82) is 0 Å². The molecular weight excluding hydrogens is 178 g/mol. The van der Waals surface area contributed by atoms with Gasteiger partial charge in [-0.1, -0.05) is 48.6 Å². The van der Waals surface area contributed by atoms with Crippen molar-refractivity contribution in [2.24, 2.45) is 0 Å². The summed E-state index contributed by atoms with van der Waals surface area (Å²) in [4.78, 5) is 10.5. The van der Waals surface area contributed by atoms with E-state index in [0.717, 1.165) is 5.56 Å². The second kappa shape index (κ2) is 5.72. The molecule has 0 saturated carbocycles. The Bertz CT molecular complexity index is 342. The van der Waals surface area contributed by atoms with Crippen molar-refractivity contribution < 1.29 is 10.0 Å². The van der Waals surface area contributed by atoms with Crippen molar-refractivity contribution >= 4 is 12.0 Å². The lowest BCUT2D eigenvalue weighted by Gasteiger charge is -1.88. The van der Waals surface area contributed by atoms with Gasteiger partial charge < -0.3 is 0 Å². The van der Waals surface area contributed by atoms with Crippen LogP contribution in [0.1, 0.15) is 5.56 Å². The smallest absolute Gasteiger partial charge is 0.267 e. The van der Waals surface area contributed by atoms with Gasteiger partial charge in [0, 0.05) is 6.08 Å². The molecule has 0 fully saturated rings. The molecule has 1 amide bonds. The number of carbonyl (C=O) groups is 1. The molecule has 0 aliphatic rings. The molecule has 72 valence electrons. The molecule has 0 aromatic heterocycles. The molecule has 0 saturated heterocycles. The highest BCUT2D eigenvalue weighted by atomic mass is 16.5. The number of rotatable bonds is 3. The average molecular weight is 189 g/mol. The van der Waals surface area contributed by atoms with E-state index < -0.39 is 5.91 Å². The van der Waals surface area contributed by atoms with E-state index in [1.54, 1.807) is 12.2 Å². The van der Waals surface area contributed by atoms with Gasteiger partial charge >= 0.3 is 0 Å². The SMILES string of the molecule is O=C(/C=C/C=C/c1ccccc1)NO. The van der Waals surface area contributed by atoms with Crippen LogP contribution in [0.3, 0.4) is 0 Å². The molecule has 0 radical (unpaired) electrons. The van der Waals surface area contributed by atoms with Gasteiger partial charge in [0.15, 0.2) is 0 Å². The van der Waals surface area contributed by atoms with E-state index in [9.17, 15) is 4.79 Å². The summed E-state index contributed by atoms with van der Waals surface area (Å²) in [5.74, 6) is -0.539. The van der Waals surface area contributed by atoms with E-state index in [4.69, 9.17) is 5.21 Å². The van der Waals surface area contributed by atoms with Crippen LogP contribution in [0.15, 0.2) is 48.6 Å². The fraction of sp³-hybridized carbons (Fsp3) is 0. The van der Waals surface area contributed by atoms with Crippen LogP contribution in [-0.4, -0.2) is 11.1 Å². The second-order valence-corrected chi connectivity index (χ2v) is 2.60. The second-order valence-electron chi connectivity index (χ2n) is 2.60. The molecule has 1 aromatic rings. The summed E-state index contributed by atoms with van der Waals surface area (Å²) in [6, 6.07) is 9.72. The molecule has 14 heavy (non-hydrogen) atoms. The number of hydroxylamine groups is 1. The summed E-state index contributed by atoms with van der Waals surface area (Å²) in [5, 5.41) is 8.18. The zero-order valence-electron chi connectivity index (χ0n) is 7.55. The van der Waals surface area contributed by atoms with Gasteiger partial charge in [-0.2, -0.15) is 0 Å². The molecule has 0 atom stereocenters. The van der Waals surface area contributed by atoms with Gasteiger partial charge in [-0.3, -0.25) is 10.0 Å². The Balaban J connectivity index is 2.50. The van der Waals surface area contributed by atoms with Crippen LogP contribution in [0.4, 0.5) is 0 Å². The molecule has 1 aromatic carbocycles. The average Bonchev–Trinajstić information content (AvgIpc) is 2.25. The summed E-state index contributed by atoms with van der Waals surface area (Å²) >= 11 is 0. The molecular formula is C11H11NO2. The lowest BCUT2D eigenvalue weighted by Crippen LogP contribution is -2.14. The van der Waals surface area contributed by atoms with Crippen LogP contribution < -0.4 is 5.48 Å². The standard InChI is InChI=1S/C11H11NO2/c13-11(12-14)9-5-4-8-10-6-2-1-3-7-10/h1-9,14H,(H,12,13)/b8-4+,9-5+. The fourth-order valence-corrected chi connectivity index (χ4v) is 0.911. The summed E-state index contributed by atoms with van der Waals surface area (Å²) in [6.45, 7) is 0. The first kappa shape index (κ1) is 10.2. The molecule has 3 heteroatoms. The van der Waals surface area contributed by atoms with Gasteiger partial charge in [-0.25, -0.2) is 5.48 Å². The number of nitrogens with one attached hydrogen (secondary N) is 1. The van der Waals surface area contributed by atoms with Gasteiger partial charge in [0.1, 0.15) is 0 Å². The van der Waals surface area contributed by atoms with Crippen molar-refractivity contribution in [1.82, 2.24) is 5.48 Å². The topological polar surface area (TPSA) is 49.3 Å². The van der Waals surface area contributed by atoms with Crippen LogP contribution in [0.25, 0.3) is 6.08 Å². The minimum absolute atomic E-state index is 0.539. The third kappa shape index (κ3) is 3.69. The van der Waals surface area contributed by atoms with Gasteiger partial charge in [0.05, 0.1) is 0 Å². The minimum atomic E-state index is -0.539. The maximum atomic E-state index is 10.5. The maximum Gasteiger partial charge on any atom is 0.267 e. The summed E-state index contributed by atoms with van der Waals surface area (Å²) in [6.07, 6.45) is 6.38. The Morgan fingerprint density at radius 2 is 1.93 bits per heavy atom. The molecule has 0 spiro atoms. The highest BCUT2D eigenvalue weighted by Gasteiger charge is 1.85. The first-order valence-electron chi connectivity index (χ1n) is 4.17. The van der Waals surface area contributed by atoms with Crippen LogP contribution in [0, 0.1) is 0 Å². The van der Waals surface area contributed by atoms with Gasteiger partial charge in [-0.15, -0.1) is 0 Å². The Kier molecular flexibility index (Phi) is 4.17. The van der Waals surface area contributed by atoms with Gasteiger partial charge in [0.2, 0.25) is 0 Å². The van der Waals surface area contributed by atoms with E-state index in [0.29, 0.717) is 0 Å². The van der Waals surface area contributed by atoms with Crippen molar-refractivity contribution in [3.05, 3.63) is 54.1 Å². The molecule has 1 rings (SSSR count). The van der Waals surface area contributed by atoms with E-state index in [2.05, 4.69) is 0 Å². The summed E-state index contributed by atoms with van der Waals surface area (Å²) in [7, 11) is 0. The number of hydrogen-bond donors (Lipinski definition) is 2. The monoisotopic (exact) mass is 189 g/mol. The highest BCUT2D eigenvalue weighted by molar-refractivity contribution is 5.86. The zero-order chi connectivity index (χ0) is 10.2. The van der Waals surface area contributed by atoms with Crippen LogP contribution in [0.5, 0.6) is 0 Å². The third-order valence-electron chi connectivity index (χ3n) is 1.56. The quantitative estimate of drug-likeness (QED) is 0.329. The van der Waals surface area contributed by atoms with Gasteiger partial charge in [0.25, 0.3) is 5.91 Å². The summed E-state index contributed by atoms with van der Waals surface area (Å²) < 4.78 is 0. The van der Waals surface area contributed by atoms with E-state index >= 15 is 0 Å². The van der Waals surface area contributed by atoms with E-state index in [1.807, 2.05) is 36.4 Å². The van der Waals surface area contributed by atoms with Crippen molar-refractivity contribution in [3.63, 3.8) is 0 Å². The first-order valence-corrected chi connectivity index (χ1v) is 4.17. The molecule has 0 aliphatic carbocycles. The summed E-state index contributed by atoms with van der Waals surface area (Å²) in [5.41, 5.74) is 2.56. The highest BCUT2D eigenvalue weighted by Crippen LogP contribution is 2.00. The maximum absolute atomic E-state index is 10.5. The number of carbonyl (C=O) groups excluding carboxylic acids is 1. The minimum Gasteiger partial charge on any atom is -0.288 e. The van der Waals surface area contributed by atoms with Crippen LogP contribution in [-0.2, 0) is 4.79 Å². The van der Waals surface area contributed by atoms with E-state index in [1.165, 1.54) is 11.6 Å². The van der Waals surface area contributed by atoms with Crippen LogP contribution >= 0.6 is 0 Å². The number of allylic oxidation sites excluding steroid dienone is 2. The molecule has 0 heterocycles. The number of benzene rings is 1. The van der Waals surface area contributed by atoms with Crippen molar-refractivity contribution in [2.45, 2.75) is 0 Å². The number of amides is 1. The lowest BCUT2D eigenvalue weighted by atomic mass is 10.2. The third-order valence-corrected chi connectivity index (χ3v) is 1.56. The zero-order valence-corrected chi connectivity index (χ0v) is 7.55. The van der Waals surface area contributed by atoms with Crippen LogP contribution in [0.2, 0.25) is 0 Å². The predicted octanol–water partition coefficient (Wildman–Crippen LogP) is 1.76. The Morgan fingerprint density at radius 1 is 1.21 bits per heavy atom. The lowest BCUT2D eigenvalue weighted by molar-refractivity contribution is -0.124. The largest absolute Gasteiger partial charge is 0.288 e. The molecule has 3 nitrogen and oxygen atoms in total. The number of hydrogen-bond acceptors (Lipinski definition) is 2. The van der Waals surface area contributed by atoms with Crippen molar-refractivity contribution in [3.8, 4) is 0 Å². The van der Waals surface area contributed by atoms with E-state index in [-0.39, 0.29) is 0 Å². The molecule has 0 unspecified atom stereocenters. The Morgan fingerprint density at radius 3 is 2.57 bits per heavy atom. The molecule has 0 aliphatic heterocycles. The normalized spacial score (nSPS) is 10.9. The fourth-order valence-electron chi connectivity index (χ4n) is 0.911. The molecule has 2 N–H and O–H groups in total. The predicted molar refractivity (Wildman–Crippen MR) is 54.5 cm³/mol.